The van der Waals surface area contributed by atoms with Gasteiger partial charge in [0.2, 0.25) is 0 Å². The lowest BCUT2D eigenvalue weighted by molar-refractivity contribution is -0.203. The van der Waals surface area contributed by atoms with Crippen LogP contribution in [0.1, 0.15) is 55.4 Å². The lowest BCUT2D eigenvalue weighted by Crippen LogP contribution is -2.62. The molecule has 0 aliphatic heterocycles. The first-order valence-electron chi connectivity index (χ1n) is 7.97. The molecule has 1 amide bonds. The van der Waals surface area contributed by atoms with Crippen LogP contribution in [0.15, 0.2) is 0 Å². The Morgan fingerprint density at radius 2 is 1.28 bits per heavy atom. The van der Waals surface area contributed by atoms with Crippen LogP contribution in [-0.4, -0.2) is 53.6 Å². The second-order valence-corrected chi connectivity index (χ2v) is 8.44. The van der Waals surface area contributed by atoms with Crippen molar-refractivity contribution in [1.82, 2.24) is 5.32 Å². The van der Waals surface area contributed by atoms with Crippen molar-refractivity contribution in [2.24, 2.45) is 5.41 Å². The van der Waals surface area contributed by atoms with Gasteiger partial charge in [-0.05, 0) is 41.5 Å². The third kappa shape index (κ3) is 6.53. The van der Waals surface area contributed by atoms with Gasteiger partial charge in [0.05, 0.1) is 7.11 Å². The first kappa shape index (κ1) is 23.2. The summed E-state index contributed by atoms with van der Waals surface area (Å²) >= 11 is 0. The molecule has 0 radical (unpaired) electrons. The summed E-state index contributed by atoms with van der Waals surface area (Å²) in [5.41, 5.74) is -5.67. The van der Waals surface area contributed by atoms with Crippen molar-refractivity contribution in [2.45, 2.75) is 72.2 Å². The first-order chi connectivity index (χ1) is 11.0. The van der Waals surface area contributed by atoms with Crippen LogP contribution in [0.3, 0.4) is 0 Å². The average molecular weight is 361 g/mol. The summed E-state index contributed by atoms with van der Waals surface area (Å²) < 4.78 is 14.9. The fourth-order valence-corrected chi connectivity index (χ4v) is 1.87. The number of hydrogen-bond donors (Lipinski definition) is 2. The van der Waals surface area contributed by atoms with Crippen LogP contribution in [0.25, 0.3) is 0 Å². The molecule has 1 unspecified atom stereocenters. The maximum atomic E-state index is 12.5. The van der Waals surface area contributed by atoms with Crippen molar-refractivity contribution in [1.29, 1.82) is 0 Å². The quantitative estimate of drug-likeness (QED) is 0.436. The summed E-state index contributed by atoms with van der Waals surface area (Å²) in [4.78, 5) is 36.5. The van der Waals surface area contributed by atoms with Crippen LogP contribution < -0.4 is 5.32 Å². The van der Waals surface area contributed by atoms with Gasteiger partial charge in [0.1, 0.15) is 11.2 Å². The van der Waals surface area contributed by atoms with E-state index in [9.17, 15) is 19.5 Å². The van der Waals surface area contributed by atoms with E-state index in [2.05, 4.69) is 10.1 Å². The number of amides is 1. The number of hydrogen-bond acceptors (Lipinski definition) is 7. The van der Waals surface area contributed by atoms with Gasteiger partial charge >= 0.3 is 18.0 Å². The van der Waals surface area contributed by atoms with Gasteiger partial charge in [0.25, 0.3) is 5.60 Å². The highest BCUT2D eigenvalue weighted by molar-refractivity contribution is 6.04. The fourth-order valence-electron chi connectivity index (χ4n) is 1.87. The van der Waals surface area contributed by atoms with Crippen LogP contribution in [0.2, 0.25) is 0 Å². The standard InChI is InChI=1S/C17H31NO7/c1-14(2,3)24-12(20)17(22,11(19)23-9)16(7,8)10-18-13(21)25-15(4,5)6/h22H,10H2,1-9H3,(H,18,21). The zero-order chi connectivity index (χ0) is 20.3. The van der Waals surface area contributed by atoms with Gasteiger partial charge in [-0.2, -0.15) is 0 Å². The number of nitrogens with one attached hydrogen (secondary N) is 1. The van der Waals surface area contributed by atoms with Gasteiger partial charge in [-0.3, -0.25) is 0 Å². The molecule has 8 heteroatoms. The highest BCUT2D eigenvalue weighted by Crippen LogP contribution is 2.34. The van der Waals surface area contributed by atoms with Crippen molar-refractivity contribution < 1.29 is 33.7 Å². The van der Waals surface area contributed by atoms with Gasteiger partial charge < -0.3 is 24.6 Å². The van der Waals surface area contributed by atoms with E-state index in [0.29, 0.717) is 0 Å². The number of alkyl carbamates (subject to hydrolysis) is 1. The Labute approximate surface area is 149 Å². The molecule has 0 saturated heterocycles. The van der Waals surface area contributed by atoms with Crippen molar-refractivity contribution in [3.8, 4) is 0 Å². The lowest BCUT2D eigenvalue weighted by atomic mass is 9.74. The molecule has 0 aliphatic rings. The van der Waals surface area contributed by atoms with Gasteiger partial charge in [-0.15, -0.1) is 0 Å². The highest BCUT2D eigenvalue weighted by atomic mass is 16.6. The smallest absolute Gasteiger partial charge is 0.407 e. The molecule has 0 saturated carbocycles. The number of carbonyl (C=O) groups excluding carboxylic acids is 3. The number of rotatable bonds is 5. The van der Waals surface area contributed by atoms with E-state index in [1.807, 2.05) is 0 Å². The highest BCUT2D eigenvalue weighted by Gasteiger charge is 2.59. The summed E-state index contributed by atoms with van der Waals surface area (Å²) in [7, 11) is 1.05. The second-order valence-electron chi connectivity index (χ2n) is 8.44. The summed E-state index contributed by atoms with van der Waals surface area (Å²) in [6, 6.07) is 0. The van der Waals surface area contributed by atoms with E-state index in [0.717, 1.165) is 7.11 Å². The van der Waals surface area contributed by atoms with E-state index in [4.69, 9.17) is 9.47 Å². The summed E-state index contributed by atoms with van der Waals surface area (Å²) in [6.07, 6.45) is -0.739. The molecule has 0 spiro atoms. The molecule has 0 aromatic rings. The first-order valence-corrected chi connectivity index (χ1v) is 7.97. The minimum Gasteiger partial charge on any atom is -0.466 e. The zero-order valence-corrected chi connectivity index (χ0v) is 16.6. The van der Waals surface area contributed by atoms with Crippen LogP contribution in [0.5, 0.6) is 0 Å². The SMILES string of the molecule is COC(=O)C(O)(C(=O)OC(C)(C)C)C(C)(C)CNC(=O)OC(C)(C)C. The van der Waals surface area contributed by atoms with E-state index in [1.54, 1.807) is 41.5 Å². The second kappa shape index (κ2) is 7.59. The summed E-state index contributed by atoms with van der Waals surface area (Å²) in [5, 5.41) is 13.3. The van der Waals surface area contributed by atoms with Gasteiger partial charge in [-0.1, -0.05) is 13.8 Å². The van der Waals surface area contributed by atoms with Gasteiger partial charge in [0, 0.05) is 12.0 Å². The maximum Gasteiger partial charge on any atom is 0.407 e. The molecule has 0 aliphatic carbocycles. The van der Waals surface area contributed by atoms with Crippen molar-refractivity contribution in [2.75, 3.05) is 13.7 Å². The lowest BCUT2D eigenvalue weighted by Gasteiger charge is -2.39. The molecule has 0 aromatic heterocycles. The largest absolute Gasteiger partial charge is 0.466 e. The molecule has 0 rings (SSSR count). The molecule has 8 nitrogen and oxygen atoms in total. The Morgan fingerprint density at radius 3 is 1.64 bits per heavy atom. The maximum absolute atomic E-state index is 12.5. The molecular formula is C17H31NO7. The monoisotopic (exact) mass is 361 g/mol. The molecule has 2 N–H and O–H groups in total. The average Bonchev–Trinajstić information content (AvgIpc) is 2.39. The molecule has 0 fully saturated rings. The van der Waals surface area contributed by atoms with E-state index < -0.39 is 40.2 Å². The van der Waals surface area contributed by atoms with Gasteiger partial charge in [-0.25, -0.2) is 14.4 Å². The minimum atomic E-state index is -2.61. The molecule has 0 heterocycles. The molecule has 0 bridgehead atoms. The molecule has 1 atom stereocenters. The number of ether oxygens (including phenoxy) is 3. The van der Waals surface area contributed by atoms with Crippen LogP contribution >= 0.6 is 0 Å². The molecule has 25 heavy (non-hydrogen) atoms. The predicted octanol–water partition coefficient (Wildman–Crippen LogP) is 1.78. The Kier molecular flexibility index (Phi) is 7.04. The number of esters is 2. The third-order valence-corrected chi connectivity index (χ3v) is 3.23. The summed E-state index contributed by atoms with van der Waals surface area (Å²) in [6.45, 7) is 12.6. The van der Waals surface area contributed by atoms with E-state index in [1.165, 1.54) is 13.8 Å². The van der Waals surface area contributed by atoms with Crippen LogP contribution in [0.4, 0.5) is 4.79 Å². The Bertz CT molecular complexity index is 514. The Morgan fingerprint density at radius 1 is 0.840 bits per heavy atom. The fraction of sp³-hybridized carbons (Fsp3) is 0.824. The van der Waals surface area contributed by atoms with Crippen molar-refractivity contribution in [3.63, 3.8) is 0 Å². The zero-order valence-electron chi connectivity index (χ0n) is 16.6. The molecule has 0 aromatic carbocycles. The van der Waals surface area contributed by atoms with Gasteiger partial charge in [0.15, 0.2) is 0 Å². The van der Waals surface area contributed by atoms with Crippen LogP contribution in [-0.2, 0) is 23.8 Å². The van der Waals surface area contributed by atoms with Crippen molar-refractivity contribution in [3.05, 3.63) is 0 Å². The predicted molar refractivity (Wildman–Crippen MR) is 90.8 cm³/mol. The van der Waals surface area contributed by atoms with E-state index in [-0.39, 0.29) is 6.54 Å². The number of methoxy groups -OCH3 is 1. The third-order valence-electron chi connectivity index (χ3n) is 3.23. The van der Waals surface area contributed by atoms with Crippen LogP contribution in [0, 0.1) is 5.41 Å². The Balaban J connectivity index is 5.46. The number of aliphatic hydroxyl groups is 1. The topological polar surface area (TPSA) is 111 Å². The molecule has 146 valence electrons. The Hall–Kier alpha value is -1.83. The minimum absolute atomic E-state index is 0.229. The van der Waals surface area contributed by atoms with Crippen molar-refractivity contribution >= 4 is 18.0 Å². The summed E-state index contributed by atoms with van der Waals surface area (Å²) in [5.74, 6) is -2.32. The molecular weight excluding hydrogens is 330 g/mol. The number of carbonyl (C=O) groups is 3. The normalized spacial score (nSPS) is 15.0. The van der Waals surface area contributed by atoms with E-state index >= 15 is 0 Å².